The Morgan fingerprint density at radius 2 is 1.71 bits per heavy atom. The molecule has 1 fully saturated rings. The first kappa shape index (κ1) is 25.1. The summed E-state index contributed by atoms with van der Waals surface area (Å²) in [6, 6.07) is 15.4. The number of carboxylic acid groups (broad SMARTS) is 1. The van der Waals surface area contributed by atoms with Crippen LogP contribution in [0.4, 0.5) is 4.79 Å². The fourth-order valence-electron chi connectivity index (χ4n) is 4.93. The maximum Gasteiger partial charge on any atom is 0.407 e. The molecule has 0 saturated carbocycles. The number of likely N-dealkylation sites (tertiary alicyclic amines) is 1. The van der Waals surface area contributed by atoms with Crippen LogP contribution in [-0.2, 0) is 19.1 Å². The number of alkyl carbamates (subject to hydrolysis) is 1. The van der Waals surface area contributed by atoms with Crippen LogP contribution in [0, 0.1) is 5.92 Å². The molecule has 3 unspecified atom stereocenters. The highest BCUT2D eigenvalue weighted by atomic mass is 32.2. The highest BCUT2D eigenvalue weighted by molar-refractivity contribution is 7.98. The molecule has 1 heterocycles. The molecule has 35 heavy (non-hydrogen) atoms. The monoisotopic (exact) mass is 498 g/mol. The molecule has 0 bridgehead atoms. The Kier molecular flexibility index (Phi) is 7.97. The van der Waals surface area contributed by atoms with Crippen LogP contribution in [0.2, 0.25) is 0 Å². The van der Waals surface area contributed by atoms with E-state index in [0.717, 1.165) is 22.3 Å². The number of methoxy groups -OCH3 is 1. The van der Waals surface area contributed by atoms with Gasteiger partial charge in [0.15, 0.2) is 0 Å². The number of carboxylic acids is 1. The molecule has 0 spiro atoms. The van der Waals surface area contributed by atoms with Crippen LogP contribution in [0.25, 0.3) is 11.1 Å². The quantitative estimate of drug-likeness (QED) is 0.547. The number of hydrogen-bond donors (Lipinski definition) is 2. The van der Waals surface area contributed by atoms with Gasteiger partial charge in [0, 0.05) is 26.1 Å². The first-order chi connectivity index (χ1) is 16.9. The van der Waals surface area contributed by atoms with Crippen molar-refractivity contribution in [2.24, 2.45) is 5.92 Å². The van der Waals surface area contributed by atoms with Crippen LogP contribution in [0.15, 0.2) is 48.5 Å². The Morgan fingerprint density at radius 3 is 2.26 bits per heavy atom. The minimum Gasteiger partial charge on any atom is -0.481 e. The van der Waals surface area contributed by atoms with Crippen LogP contribution in [-0.4, -0.2) is 78.9 Å². The molecule has 9 heteroatoms. The van der Waals surface area contributed by atoms with E-state index in [4.69, 9.17) is 9.47 Å². The number of benzene rings is 2. The van der Waals surface area contributed by atoms with Crippen molar-refractivity contribution in [1.82, 2.24) is 10.2 Å². The number of carbonyl (C=O) groups is 3. The predicted molar refractivity (Wildman–Crippen MR) is 133 cm³/mol. The summed E-state index contributed by atoms with van der Waals surface area (Å²) >= 11 is 1.56. The molecule has 1 saturated heterocycles. The van der Waals surface area contributed by atoms with E-state index in [2.05, 4.69) is 17.4 Å². The van der Waals surface area contributed by atoms with Gasteiger partial charge in [0.2, 0.25) is 5.91 Å². The molecule has 2 aromatic carbocycles. The van der Waals surface area contributed by atoms with Crippen LogP contribution in [0.3, 0.4) is 0 Å². The topological polar surface area (TPSA) is 105 Å². The first-order valence-electron chi connectivity index (χ1n) is 11.6. The SMILES string of the molecule is COC1CN(C(=O)C(CCSC)NC(=O)OCC2c3ccccc3-c3ccccc32)CC1C(=O)O. The summed E-state index contributed by atoms with van der Waals surface area (Å²) in [5, 5.41) is 12.2. The second kappa shape index (κ2) is 11.1. The minimum atomic E-state index is -1.00. The van der Waals surface area contributed by atoms with Gasteiger partial charge in [0.25, 0.3) is 0 Å². The number of fused-ring (bicyclic) bond motifs is 3. The Bertz CT molecular complexity index is 1050. The van der Waals surface area contributed by atoms with Crippen LogP contribution in [0.5, 0.6) is 0 Å². The third-order valence-electron chi connectivity index (χ3n) is 6.74. The third-order valence-corrected chi connectivity index (χ3v) is 7.39. The number of hydrogen-bond acceptors (Lipinski definition) is 6. The summed E-state index contributed by atoms with van der Waals surface area (Å²) in [7, 11) is 1.44. The lowest BCUT2D eigenvalue weighted by Gasteiger charge is -2.24. The summed E-state index contributed by atoms with van der Waals surface area (Å²) in [6.45, 7) is 0.378. The summed E-state index contributed by atoms with van der Waals surface area (Å²) < 4.78 is 10.9. The number of rotatable bonds is 9. The van der Waals surface area contributed by atoms with E-state index in [1.54, 1.807) is 11.8 Å². The average Bonchev–Trinajstić information content (AvgIpc) is 3.45. The first-order valence-corrected chi connectivity index (χ1v) is 13.0. The zero-order chi connectivity index (χ0) is 24.9. The summed E-state index contributed by atoms with van der Waals surface area (Å²) in [5.41, 5.74) is 4.50. The van der Waals surface area contributed by atoms with Crippen molar-refractivity contribution in [3.63, 3.8) is 0 Å². The van der Waals surface area contributed by atoms with Crippen molar-refractivity contribution < 1.29 is 29.0 Å². The van der Waals surface area contributed by atoms with Gasteiger partial charge in [0.1, 0.15) is 18.6 Å². The molecule has 2 amide bonds. The normalized spacial score (nSPS) is 19.7. The number of nitrogens with one attached hydrogen (secondary N) is 1. The molecule has 8 nitrogen and oxygen atoms in total. The summed E-state index contributed by atoms with van der Waals surface area (Å²) in [6.07, 6.45) is 1.10. The standard InChI is InChI=1S/C26H30N2O6S/c1-33-23-14-28(13-20(23)25(30)31)24(29)22(11-12-35-2)27-26(32)34-15-21-18-9-5-3-7-16(18)17-8-4-6-10-19(17)21/h3-10,20-23H,11-15H2,1-2H3,(H,27,32)(H,30,31). The van der Waals surface area contributed by atoms with Gasteiger partial charge in [-0.05, 0) is 40.7 Å². The molecule has 186 valence electrons. The smallest absolute Gasteiger partial charge is 0.407 e. The second-order valence-electron chi connectivity index (χ2n) is 8.77. The zero-order valence-electron chi connectivity index (χ0n) is 19.8. The highest BCUT2D eigenvalue weighted by Crippen LogP contribution is 2.44. The highest BCUT2D eigenvalue weighted by Gasteiger charge is 2.42. The molecule has 3 atom stereocenters. The van der Waals surface area contributed by atoms with E-state index in [0.29, 0.717) is 12.2 Å². The van der Waals surface area contributed by atoms with E-state index in [1.165, 1.54) is 12.0 Å². The molecule has 1 aliphatic carbocycles. The number of nitrogens with zero attached hydrogens (tertiary/aromatic N) is 1. The van der Waals surface area contributed by atoms with Crippen molar-refractivity contribution >= 4 is 29.7 Å². The molecular formula is C26H30N2O6S. The van der Waals surface area contributed by atoms with Crippen molar-refractivity contribution in [1.29, 1.82) is 0 Å². The van der Waals surface area contributed by atoms with E-state index in [-0.39, 0.29) is 31.5 Å². The molecule has 2 aromatic rings. The number of ether oxygens (including phenoxy) is 2. The van der Waals surface area contributed by atoms with Crippen molar-refractivity contribution in [3.8, 4) is 11.1 Å². The fraction of sp³-hybridized carbons (Fsp3) is 0.423. The molecule has 0 radical (unpaired) electrons. The number of thioether (sulfide) groups is 1. The lowest BCUT2D eigenvalue weighted by Crippen LogP contribution is -2.48. The van der Waals surface area contributed by atoms with E-state index < -0.39 is 30.1 Å². The lowest BCUT2D eigenvalue weighted by atomic mass is 9.98. The van der Waals surface area contributed by atoms with Gasteiger partial charge in [-0.15, -0.1) is 0 Å². The largest absolute Gasteiger partial charge is 0.481 e. The van der Waals surface area contributed by atoms with Crippen molar-refractivity contribution in [3.05, 3.63) is 59.7 Å². The molecule has 2 N–H and O–H groups in total. The Hall–Kier alpha value is -3.04. The van der Waals surface area contributed by atoms with Crippen molar-refractivity contribution in [2.45, 2.75) is 24.5 Å². The fourth-order valence-corrected chi connectivity index (χ4v) is 5.40. The Labute approximate surface area is 209 Å². The van der Waals surface area contributed by atoms with Gasteiger partial charge in [0.05, 0.1) is 6.10 Å². The maximum atomic E-state index is 13.2. The predicted octanol–water partition coefficient (Wildman–Crippen LogP) is 3.20. The van der Waals surface area contributed by atoms with Gasteiger partial charge in [-0.1, -0.05) is 48.5 Å². The zero-order valence-corrected chi connectivity index (χ0v) is 20.6. The Balaban J connectivity index is 1.41. The molecule has 1 aliphatic heterocycles. The van der Waals surface area contributed by atoms with Crippen LogP contribution >= 0.6 is 11.8 Å². The summed E-state index contributed by atoms with van der Waals surface area (Å²) in [4.78, 5) is 39.0. The summed E-state index contributed by atoms with van der Waals surface area (Å²) in [5.74, 6) is -1.54. The minimum absolute atomic E-state index is 0.0504. The van der Waals surface area contributed by atoms with Gasteiger partial charge in [-0.25, -0.2) is 4.79 Å². The van der Waals surface area contributed by atoms with Crippen LogP contribution in [0.1, 0.15) is 23.5 Å². The molecular weight excluding hydrogens is 468 g/mol. The second-order valence-corrected chi connectivity index (χ2v) is 9.75. The molecule has 0 aromatic heterocycles. The number of carbonyl (C=O) groups excluding carboxylic acids is 2. The van der Waals surface area contributed by atoms with Crippen molar-refractivity contribution in [2.75, 3.05) is 38.8 Å². The number of aliphatic carboxylic acids is 1. The van der Waals surface area contributed by atoms with Gasteiger partial charge in [-0.3, -0.25) is 9.59 Å². The van der Waals surface area contributed by atoms with Crippen LogP contribution < -0.4 is 5.32 Å². The maximum absolute atomic E-state index is 13.2. The Morgan fingerprint density at radius 1 is 1.09 bits per heavy atom. The average molecular weight is 499 g/mol. The van der Waals surface area contributed by atoms with Gasteiger partial charge >= 0.3 is 12.1 Å². The molecule has 2 aliphatic rings. The van der Waals surface area contributed by atoms with Gasteiger partial charge in [-0.2, -0.15) is 11.8 Å². The van der Waals surface area contributed by atoms with E-state index in [1.807, 2.05) is 42.7 Å². The van der Waals surface area contributed by atoms with E-state index >= 15 is 0 Å². The third kappa shape index (κ3) is 5.31. The van der Waals surface area contributed by atoms with Gasteiger partial charge < -0.3 is 24.8 Å². The lowest BCUT2D eigenvalue weighted by molar-refractivity contribution is -0.144. The number of amides is 2. The molecule has 4 rings (SSSR count). The van der Waals surface area contributed by atoms with E-state index in [9.17, 15) is 19.5 Å².